The standard InChI is InChI=1S/C7H5BrF2INO/c8-5-4(2-13)3(6(9)10)1-12-7(5)11/h1,6,13H,2H2. The maximum absolute atomic E-state index is 12.4. The maximum atomic E-state index is 12.4. The summed E-state index contributed by atoms with van der Waals surface area (Å²) in [7, 11) is 0. The lowest BCUT2D eigenvalue weighted by Gasteiger charge is -2.08. The van der Waals surface area contributed by atoms with Gasteiger partial charge in [0.25, 0.3) is 6.43 Å². The third-order valence-corrected chi connectivity index (χ3v) is 3.92. The van der Waals surface area contributed by atoms with Crippen molar-refractivity contribution in [3.05, 3.63) is 25.5 Å². The van der Waals surface area contributed by atoms with Crippen LogP contribution in [0.2, 0.25) is 0 Å². The molecule has 1 rings (SSSR count). The summed E-state index contributed by atoms with van der Waals surface area (Å²) in [5.41, 5.74) is -0.0239. The van der Waals surface area contributed by atoms with Crippen molar-refractivity contribution in [2.24, 2.45) is 0 Å². The first kappa shape index (κ1) is 11.3. The van der Waals surface area contributed by atoms with Crippen molar-refractivity contribution in [3.63, 3.8) is 0 Å². The molecule has 0 saturated carbocycles. The summed E-state index contributed by atoms with van der Waals surface area (Å²) in [6, 6.07) is 0. The van der Waals surface area contributed by atoms with E-state index >= 15 is 0 Å². The Kier molecular flexibility index (Phi) is 3.99. The molecule has 1 aromatic rings. The number of pyridine rings is 1. The molecule has 0 amide bonds. The molecule has 0 aliphatic heterocycles. The molecular weight excluding hydrogens is 359 g/mol. The second-order valence-electron chi connectivity index (χ2n) is 2.26. The largest absolute Gasteiger partial charge is 0.392 e. The van der Waals surface area contributed by atoms with E-state index in [9.17, 15) is 8.78 Å². The van der Waals surface area contributed by atoms with Crippen LogP contribution in [0.3, 0.4) is 0 Å². The zero-order valence-corrected chi connectivity index (χ0v) is 10.0. The molecule has 0 aliphatic carbocycles. The number of rotatable bonds is 2. The number of hydrogen-bond donors (Lipinski definition) is 1. The van der Waals surface area contributed by atoms with Crippen LogP contribution in [0.4, 0.5) is 8.78 Å². The summed E-state index contributed by atoms with van der Waals surface area (Å²) >= 11 is 5.00. The van der Waals surface area contributed by atoms with Crippen molar-refractivity contribution < 1.29 is 13.9 Å². The van der Waals surface area contributed by atoms with Gasteiger partial charge >= 0.3 is 0 Å². The Bertz CT molecular complexity index is 322. The van der Waals surface area contributed by atoms with Crippen LogP contribution in [0.1, 0.15) is 17.6 Å². The van der Waals surface area contributed by atoms with Crippen molar-refractivity contribution in [1.29, 1.82) is 0 Å². The highest BCUT2D eigenvalue weighted by Gasteiger charge is 2.17. The quantitative estimate of drug-likeness (QED) is 0.647. The second-order valence-corrected chi connectivity index (χ2v) is 4.07. The molecule has 0 aromatic carbocycles. The fraction of sp³-hybridized carbons (Fsp3) is 0.286. The minimum Gasteiger partial charge on any atom is -0.392 e. The number of aromatic nitrogens is 1. The van der Waals surface area contributed by atoms with Crippen LogP contribution in [0, 0.1) is 3.70 Å². The van der Waals surface area contributed by atoms with Crippen LogP contribution in [-0.2, 0) is 6.61 Å². The predicted octanol–water partition coefficient (Wildman–Crippen LogP) is 2.88. The molecule has 0 saturated heterocycles. The minimum atomic E-state index is -2.61. The third-order valence-electron chi connectivity index (χ3n) is 1.50. The molecule has 0 aliphatic rings. The van der Waals surface area contributed by atoms with Gasteiger partial charge < -0.3 is 5.11 Å². The zero-order chi connectivity index (χ0) is 10.0. The Morgan fingerprint density at radius 2 is 2.23 bits per heavy atom. The lowest BCUT2D eigenvalue weighted by Crippen LogP contribution is -1.99. The third kappa shape index (κ3) is 2.35. The first-order valence-corrected chi connectivity index (χ1v) is 5.17. The molecule has 1 aromatic heterocycles. The van der Waals surface area contributed by atoms with Gasteiger partial charge in [-0.15, -0.1) is 0 Å². The molecule has 1 heterocycles. The fourth-order valence-corrected chi connectivity index (χ4v) is 1.78. The molecule has 0 spiro atoms. The number of hydrogen-bond acceptors (Lipinski definition) is 2. The Balaban J connectivity index is 3.30. The van der Waals surface area contributed by atoms with Gasteiger partial charge in [0, 0.05) is 17.3 Å². The molecule has 0 radical (unpaired) electrons. The Morgan fingerprint density at radius 1 is 1.62 bits per heavy atom. The summed E-state index contributed by atoms with van der Waals surface area (Å²) in [4.78, 5) is 3.76. The summed E-state index contributed by atoms with van der Waals surface area (Å²) in [6.07, 6.45) is -1.52. The normalized spacial score (nSPS) is 10.9. The van der Waals surface area contributed by atoms with Gasteiger partial charge in [0.1, 0.15) is 3.70 Å². The van der Waals surface area contributed by atoms with Crippen LogP contribution in [-0.4, -0.2) is 10.1 Å². The first-order chi connectivity index (χ1) is 6.07. The smallest absolute Gasteiger partial charge is 0.265 e. The van der Waals surface area contributed by atoms with E-state index < -0.39 is 13.0 Å². The van der Waals surface area contributed by atoms with Gasteiger partial charge in [0.15, 0.2) is 0 Å². The lowest BCUT2D eigenvalue weighted by atomic mass is 10.1. The van der Waals surface area contributed by atoms with Gasteiger partial charge in [-0.2, -0.15) is 0 Å². The summed E-state index contributed by atoms with van der Waals surface area (Å²) in [6.45, 7) is -0.418. The molecule has 6 heteroatoms. The van der Waals surface area contributed by atoms with Crippen molar-refractivity contribution in [3.8, 4) is 0 Å². The average Bonchev–Trinajstić information content (AvgIpc) is 2.09. The highest BCUT2D eigenvalue weighted by Crippen LogP contribution is 2.30. The number of aliphatic hydroxyl groups is 1. The van der Waals surface area contributed by atoms with Crippen molar-refractivity contribution in [2.75, 3.05) is 0 Å². The Morgan fingerprint density at radius 3 is 2.69 bits per heavy atom. The molecule has 72 valence electrons. The van der Waals surface area contributed by atoms with Gasteiger partial charge in [0.2, 0.25) is 0 Å². The first-order valence-electron chi connectivity index (χ1n) is 3.29. The highest BCUT2D eigenvalue weighted by atomic mass is 127. The Hall–Kier alpha value is 0.180. The molecule has 1 N–H and O–H groups in total. The average molecular weight is 364 g/mol. The van der Waals surface area contributed by atoms with Crippen molar-refractivity contribution in [2.45, 2.75) is 13.0 Å². The monoisotopic (exact) mass is 363 g/mol. The van der Waals surface area contributed by atoms with Crippen molar-refractivity contribution in [1.82, 2.24) is 4.98 Å². The van der Waals surface area contributed by atoms with Crippen LogP contribution >= 0.6 is 38.5 Å². The lowest BCUT2D eigenvalue weighted by molar-refractivity contribution is 0.146. The molecule has 0 fully saturated rings. The van der Waals surface area contributed by atoms with Crippen LogP contribution in [0.5, 0.6) is 0 Å². The van der Waals surface area contributed by atoms with Crippen molar-refractivity contribution >= 4 is 38.5 Å². The molecule has 0 bridgehead atoms. The maximum Gasteiger partial charge on any atom is 0.265 e. The van der Waals surface area contributed by atoms with E-state index in [0.717, 1.165) is 6.20 Å². The van der Waals surface area contributed by atoms with Gasteiger partial charge in [-0.1, -0.05) is 0 Å². The summed E-state index contributed by atoms with van der Waals surface area (Å²) < 4.78 is 25.7. The number of nitrogens with zero attached hydrogens (tertiary/aromatic N) is 1. The highest BCUT2D eigenvalue weighted by molar-refractivity contribution is 14.1. The van der Waals surface area contributed by atoms with E-state index in [1.807, 2.05) is 22.6 Å². The van der Waals surface area contributed by atoms with E-state index in [-0.39, 0.29) is 11.1 Å². The van der Waals surface area contributed by atoms with E-state index in [2.05, 4.69) is 20.9 Å². The number of halogens is 4. The molecule has 0 atom stereocenters. The van der Waals surface area contributed by atoms with E-state index in [4.69, 9.17) is 5.11 Å². The van der Waals surface area contributed by atoms with Gasteiger partial charge in [-0.3, -0.25) is 0 Å². The predicted molar refractivity (Wildman–Crippen MR) is 55.5 cm³/mol. The van der Waals surface area contributed by atoms with Gasteiger partial charge in [-0.05, 0) is 38.5 Å². The minimum absolute atomic E-state index is 0.203. The fourth-order valence-electron chi connectivity index (χ4n) is 0.861. The molecule has 2 nitrogen and oxygen atoms in total. The van der Waals surface area contributed by atoms with Crippen LogP contribution < -0.4 is 0 Å². The number of alkyl halides is 2. The summed E-state index contributed by atoms with van der Waals surface area (Å²) in [5.74, 6) is 0. The summed E-state index contributed by atoms with van der Waals surface area (Å²) in [5, 5.41) is 8.88. The van der Waals surface area contributed by atoms with Crippen LogP contribution in [0.25, 0.3) is 0 Å². The Labute approximate surface area is 95.6 Å². The van der Waals surface area contributed by atoms with E-state index in [1.165, 1.54) is 0 Å². The van der Waals surface area contributed by atoms with Crippen LogP contribution in [0.15, 0.2) is 10.7 Å². The topological polar surface area (TPSA) is 33.1 Å². The second kappa shape index (κ2) is 4.61. The zero-order valence-electron chi connectivity index (χ0n) is 6.27. The van der Waals surface area contributed by atoms with Gasteiger partial charge in [-0.25, -0.2) is 13.8 Å². The molecular formula is C7H5BrF2INO. The molecule has 13 heavy (non-hydrogen) atoms. The van der Waals surface area contributed by atoms with E-state index in [1.54, 1.807) is 0 Å². The SMILES string of the molecule is OCc1c(C(F)F)cnc(I)c1Br. The van der Waals surface area contributed by atoms with Gasteiger partial charge in [0.05, 0.1) is 11.1 Å². The number of aliphatic hydroxyl groups excluding tert-OH is 1. The molecule has 0 unspecified atom stereocenters. The van der Waals surface area contributed by atoms with E-state index in [0.29, 0.717) is 8.17 Å².